The molecule has 0 atom stereocenters. The van der Waals surface area contributed by atoms with Crippen LogP contribution in [-0.2, 0) is 0 Å². The highest BCUT2D eigenvalue weighted by atomic mass is 79.9. The van der Waals surface area contributed by atoms with Crippen molar-refractivity contribution in [1.82, 2.24) is 15.0 Å². The van der Waals surface area contributed by atoms with E-state index in [1.165, 1.54) is 0 Å². The molecule has 96 valence electrons. The molecular weight excluding hydrogens is 330 g/mol. The minimum atomic E-state index is 0.623. The molecule has 0 saturated carbocycles. The molecule has 4 nitrogen and oxygen atoms in total. The van der Waals surface area contributed by atoms with E-state index < -0.39 is 0 Å². The first-order chi connectivity index (χ1) is 9.17. The smallest absolute Gasteiger partial charge is 0.178 e. The molecule has 19 heavy (non-hydrogen) atoms. The zero-order valence-electron chi connectivity index (χ0n) is 9.95. The Morgan fingerprint density at radius 1 is 1.32 bits per heavy atom. The fourth-order valence-corrected chi connectivity index (χ4v) is 2.36. The van der Waals surface area contributed by atoms with Gasteiger partial charge >= 0.3 is 0 Å². The predicted octanol–water partition coefficient (Wildman–Crippen LogP) is 4.05. The fraction of sp³-hybridized carbons (Fsp3) is 0.0769. The standard InChI is InChI=1S/C13H9BrClN3O/c1-19-11-5-8(15)2-3-9(11)12-17-10-4-7(14)6-16-13(10)18-12/h2-6H,1H3,(H,16,17,18). The molecular formula is C13H9BrClN3O. The molecule has 0 spiro atoms. The Bertz CT molecular complexity index is 757. The quantitative estimate of drug-likeness (QED) is 0.767. The SMILES string of the molecule is COc1cc(Cl)ccc1-c1nc2ncc(Br)cc2[nH]1. The first-order valence-electron chi connectivity index (χ1n) is 5.52. The molecule has 0 bridgehead atoms. The normalized spacial score (nSPS) is 10.9. The number of hydrogen-bond acceptors (Lipinski definition) is 3. The molecule has 1 aromatic carbocycles. The van der Waals surface area contributed by atoms with Crippen LogP contribution in [0.3, 0.4) is 0 Å². The number of aromatic nitrogens is 3. The number of nitrogens with one attached hydrogen (secondary N) is 1. The van der Waals surface area contributed by atoms with Gasteiger partial charge < -0.3 is 9.72 Å². The fourth-order valence-electron chi connectivity index (χ4n) is 1.86. The third kappa shape index (κ3) is 2.31. The lowest BCUT2D eigenvalue weighted by atomic mass is 10.2. The maximum atomic E-state index is 5.95. The monoisotopic (exact) mass is 337 g/mol. The summed E-state index contributed by atoms with van der Waals surface area (Å²) in [5.74, 6) is 1.37. The largest absolute Gasteiger partial charge is 0.496 e. The highest BCUT2D eigenvalue weighted by molar-refractivity contribution is 9.10. The van der Waals surface area contributed by atoms with Crippen molar-refractivity contribution < 1.29 is 4.74 Å². The van der Waals surface area contributed by atoms with E-state index in [-0.39, 0.29) is 0 Å². The molecule has 0 radical (unpaired) electrons. The number of ether oxygens (including phenoxy) is 1. The lowest BCUT2D eigenvalue weighted by Gasteiger charge is -2.05. The van der Waals surface area contributed by atoms with Crippen LogP contribution in [0.1, 0.15) is 0 Å². The van der Waals surface area contributed by atoms with Crippen molar-refractivity contribution in [2.75, 3.05) is 7.11 Å². The number of hydrogen-bond donors (Lipinski definition) is 1. The highest BCUT2D eigenvalue weighted by Crippen LogP contribution is 2.31. The summed E-state index contributed by atoms with van der Waals surface area (Å²) in [6, 6.07) is 7.36. The minimum absolute atomic E-state index is 0.623. The second-order valence-electron chi connectivity index (χ2n) is 3.95. The van der Waals surface area contributed by atoms with Gasteiger partial charge in [-0.05, 0) is 40.2 Å². The van der Waals surface area contributed by atoms with Crippen LogP contribution in [0.2, 0.25) is 5.02 Å². The number of pyridine rings is 1. The third-order valence-electron chi connectivity index (χ3n) is 2.72. The molecule has 2 heterocycles. The number of methoxy groups -OCH3 is 1. The van der Waals surface area contributed by atoms with Crippen molar-refractivity contribution >= 4 is 38.7 Å². The molecule has 0 amide bonds. The van der Waals surface area contributed by atoms with Gasteiger partial charge in [-0.2, -0.15) is 0 Å². The van der Waals surface area contributed by atoms with E-state index in [0.29, 0.717) is 22.2 Å². The van der Waals surface area contributed by atoms with Gasteiger partial charge in [-0.1, -0.05) is 11.6 Å². The van der Waals surface area contributed by atoms with Crippen molar-refractivity contribution in [3.05, 3.63) is 40.0 Å². The van der Waals surface area contributed by atoms with Crippen LogP contribution in [0, 0.1) is 0 Å². The molecule has 6 heteroatoms. The summed E-state index contributed by atoms with van der Waals surface area (Å²) in [6.07, 6.45) is 1.71. The molecule has 3 rings (SSSR count). The Morgan fingerprint density at radius 3 is 2.95 bits per heavy atom. The Kier molecular flexibility index (Phi) is 3.16. The lowest BCUT2D eigenvalue weighted by Crippen LogP contribution is -1.89. The summed E-state index contributed by atoms with van der Waals surface area (Å²) in [7, 11) is 1.60. The van der Waals surface area contributed by atoms with Gasteiger partial charge in [0.25, 0.3) is 0 Å². The van der Waals surface area contributed by atoms with Crippen molar-refractivity contribution in [2.24, 2.45) is 0 Å². The van der Waals surface area contributed by atoms with Gasteiger partial charge in [-0.25, -0.2) is 9.97 Å². The molecule has 0 aliphatic heterocycles. The maximum Gasteiger partial charge on any atom is 0.178 e. The molecule has 0 aliphatic carbocycles. The summed E-state index contributed by atoms with van der Waals surface area (Å²) in [4.78, 5) is 11.9. The molecule has 3 aromatic rings. The van der Waals surface area contributed by atoms with Crippen LogP contribution in [0.25, 0.3) is 22.6 Å². The van der Waals surface area contributed by atoms with E-state index in [9.17, 15) is 0 Å². The molecule has 2 aromatic heterocycles. The van der Waals surface area contributed by atoms with Crippen LogP contribution in [-0.4, -0.2) is 22.1 Å². The number of fused-ring (bicyclic) bond motifs is 1. The zero-order valence-corrected chi connectivity index (χ0v) is 12.3. The second kappa shape index (κ2) is 4.83. The van der Waals surface area contributed by atoms with Crippen molar-refractivity contribution in [2.45, 2.75) is 0 Å². The number of nitrogens with zero attached hydrogens (tertiary/aromatic N) is 2. The Balaban J connectivity index is 2.18. The topological polar surface area (TPSA) is 50.8 Å². The van der Waals surface area contributed by atoms with Crippen LogP contribution < -0.4 is 4.74 Å². The first-order valence-corrected chi connectivity index (χ1v) is 6.69. The van der Waals surface area contributed by atoms with E-state index in [0.717, 1.165) is 15.6 Å². The summed E-state index contributed by atoms with van der Waals surface area (Å²) in [6.45, 7) is 0. The Hall–Kier alpha value is -1.59. The molecule has 0 saturated heterocycles. The highest BCUT2D eigenvalue weighted by Gasteiger charge is 2.11. The maximum absolute atomic E-state index is 5.95. The van der Waals surface area contributed by atoms with E-state index in [2.05, 4.69) is 30.9 Å². The summed E-state index contributed by atoms with van der Waals surface area (Å²) >= 11 is 9.34. The van der Waals surface area contributed by atoms with Crippen LogP contribution >= 0.6 is 27.5 Å². The number of halogens is 2. The molecule has 0 unspecified atom stereocenters. The predicted molar refractivity (Wildman–Crippen MR) is 78.6 cm³/mol. The van der Waals surface area contributed by atoms with E-state index in [4.69, 9.17) is 16.3 Å². The van der Waals surface area contributed by atoms with Gasteiger partial charge in [0.05, 0.1) is 18.2 Å². The van der Waals surface area contributed by atoms with Gasteiger partial charge in [0.2, 0.25) is 0 Å². The lowest BCUT2D eigenvalue weighted by molar-refractivity contribution is 0.416. The minimum Gasteiger partial charge on any atom is -0.496 e. The van der Waals surface area contributed by atoms with E-state index in [1.807, 2.05) is 12.1 Å². The third-order valence-corrected chi connectivity index (χ3v) is 3.39. The number of H-pyrrole nitrogens is 1. The van der Waals surface area contributed by atoms with Crippen LogP contribution in [0.5, 0.6) is 5.75 Å². The number of aromatic amines is 1. The van der Waals surface area contributed by atoms with Gasteiger partial charge in [0.1, 0.15) is 11.6 Å². The van der Waals surface area contributed by atoms with Crippen LogP contribution in [0.15, 0.2) is 34.9 Å². The average Bonchev–Trinajstić information content (AvgIpc) is 2.81. The van der Waals surface area contributed by atoms with E-state index in [1.54, 1.807) is 25.4 Å². The molecule has 0 fully saturated rings. The van der Waals surface area contributed by atoms with Gasteiger partial charge in [-0.3, -0.25) is 0 Å². The van der Waals surface area contributed by atoms with Gasteiger partial charge in [-0.15, -0.1) is 0 Å². The summed E-state index contributed by atoms with van der Waals surface area (Å²) in [5.41, 5.74) is 2.37. The molecule has 0 aliphatic rings. The van der Waals surface area contributed by atoms with Gasteiger partial charge in [0, 0.05) is 15.7 Å². The molecule has 1 N–H and O–H groups in total. The zero-order chi connectivity index (χ0) is 13.4. The van der Waals surface area contributed by atoms with Gasteiger partial charge in [0.15, 0.2) is 5.65 Å². The summed E-state index contributed by atoms with van der Waals surface area (Å²) < 4.78 is 6.23. The second-order valence-corrected chi connectivity index (χ2v) is 5.31. The Morgan fingerprint density at radius 2 is 2.16 bits per heavy atom. The number of benzene rings is 1. The Labute approximate surface area is 122 Å². The van der Waals surface area contributed by atoms with Crippen molar-refractivity contribution in [3.8, 4) is 17.1 Å². The average molecular weight is 339 g/mol. The van der Waals surface area contributed by atoms with Crippen molar-refractivity contribution in [3.63, 3.8) is 0 Å². The summed E-state index contributed by atoms with van der Waals surface area (Å²) in [5, 5.41) is 0.623. The first kappa shape index (κ1) is 12.4. The van der Waals surface area contributed by atoms with Crippen molar-refractivity contribution in [1.29, 1.82) is 0 Å². The number of rotatable bonds is 2. The van der Waals surface area contributed by atoms with Crippen LogP contribution in [0.4, 0.5) is 0 Å². The number of imidazole rings is 1. The van der Waals surface area contributed by atoms with E-state index >= 15 is 0 Å².